The zero-order chi connectivity index (χ0) is 37.0. The highest BCUT2D eigenvalue weighted by Gasteiger charge is 2.19. The Morgan fingerprint density at radius 3 is 1.55 bits per heavy atom. The Morgan fingerprint density at radius 1 is 0.304 bits per heavy atom. The molecular formula is C51H32N4O. The predicted octanol–water partition coefficient (Wildman–Crippen LogP) is 13.2. The molecule has 0 aliphatic carbocycles. The minimum Gasteiger partial charge on any atom is -0.456 e. The molecule has 0 N–H and O–H groups in total. The van der Waals surface area contributed by atoms with E-state index in [4.69, 9.17) is 19.4 Å². The first-order valence-electron chi connectivity index (χ1n) is 18.8. The van der Waals surface area contributed by atoms with Crippen LogP contribution in [0.2, 0.25) is 0 Å². The summed E-state index contributed by atoms with van der Waals surface area (Å²) in [5.74, 6) is 1.82. The van der Waals surface area contributed by atoms with E-state index in [-0.39, 0.29) is 0 Å². The topological polar surface area (TPSA) is 56.7 Å². The van der Waals surface area contributed by atoms with E-state index in [0.29, 0.717) is 17.5 Å². The minimum atomic E-state index is 0.595. The first-order chi connectivity index (χ1) is 27.7. The number of nitrogens with zero attached hydrogens (tertiary/aromatic N) is 4. The average molecular weight is 717 g/mol. The van der Waals surface area contributed by atoms with Gasteiger partial charge in [0, 0.05) is 43.9 Å². The van der Waals surface area contributed by atoms with Crippen molar-refractivity contribution >= 4 is 43.7 Å². The number of hydrogen-bond donors (Lipinski definition) is 0. The zero-order valence-corrected chi connectivity index (χ0v) is 30.2. The van der Waals surface area contributed by atoms with Crippen LogP contribution < -0.4 is 0 Å². The number of para-hydroxylation sites is 2. The Labute approximate surface area is 322 Å². The van der Waals surface area contributed by atoms with Crippen molar-refractivity contribution < 1.29 is 4.42 Å². The van der Waals surface area contributed by atoms with Gasteiger partial charge in [-0.2, -0.15) is 0 Å². The van der Waals surface area contributed by atoms with E-state index in [9.17, 15) is 0 Å². The summed E-state index contributed by atoms with van der Waals surface area (Å²) in [6.07, 6.45) is 0. The summed E-state index contributed by atoms with van der Waals surface area (Å²) in [4.78, 5) is 15.4. The van der Waals surface area contributed by atoms with Crippen molar-refractivity contribution in [2.24, 2.45) is 0 Å². The molecule has 0 unspecified atom stereocenters. The minimum absolute atomic E-state index is 0.595. The van der Waals surface area contributed by atoms with E-state index in [1.807, 2.05) is 24.3 Å². The lowest BCUT2D eigenvalue weighted by Gasteiger charge is -2.10. The molecule has 0 radical (unpaired) electrons. The van der Waals surface area contributed by atoms with Gasteiger partial charge in [-0.1, -0.05) is 140 Å². The average Bonchev–Trinajstić information content (AvgIpc) is 3.80. The summed E-state index contributed by atoms with van der Waals surface area (Å²) in [7, 11) is 0. The van der Waals surface area contributed by atoms with Crippen molar-refractivity contribution in [3.63, 3.8) is 0 Å². The van der Waals surface area contributed by atoms with Gasteiger partial charge >= 0.3 is 0 Å². The molecule has 8 aromatic carbocycles. The third-order valence-electron chi connectivity index (χ3n) is 10.6. The largest absolute Gasteiger partial charge is 0.456 e. The van der Waals surface area contributed by atoms with Crippen LogP contribution in [0.1, 0.15) is 0 Å². The van der Waals surface area contributed by atoms with Gasteiger partial charge in [-0.25, -0.2) is 15.0 Å². The molecule has 0 saturated heterocycles. The van der Waals surface area contributed by atoms with E-state index < -0.39 is 0 Å². The maximum absolute atomic E-state index is 6.54. The molecule has 0 spiro atoms. The monoisotopic (exact) mass is 716 g/mol. The highest BCUT2D eigenvalue weighted by Crippen LogP contribution is 2.39. The second-order valence-electron chi connectivity index (χ2n) is 14.1. The zero-order valence-electron chi connectivity index (χ0n) is 30.2. The maximum Gasteiger partial charge on any atom is 0.164 e. The normalized spacial score (nSPS) is 11.6. The molecule has 262 valence electrons. The van der Waals surface area contributed by atoms with Crippen LogP contribution >= 0.6 is 0 Å². The van der Waals surface area contributed by atoms with Crippen molar-refractivity contribution in [2.75, 3.05) is 0 Å². The molecule has 0 aliphatic rings. The van der Waals surface area contributed by atoms with Crippen LogP contribution in [0.25, 0.3) is 106 Å². The molecule has 0 saturated carbocycles. The van der Waals surface area contributed by atoms with Crippen LogP contribution in [0.4, 0.5) is 0 Å². The van der Waals surface area contributed by atoms with Crippen LogP contribution in [0.3, 0.4) is 0 Å². The van der Waals surface area contributed by atoms with Crippen LogP contribution in [0, 0.1) is 0 Å². The lowest BCUT2D eigenvalue weighted by atomic mass is 10.0. The van der Waals surface area contributed by atoms with E-state index in [1.54, 1.807) is 0 Å². The third-order valence-corrected chi connectivity index (χ3v) is 10.6. The molecule has 11 rings (SSSR count). The Kier molecular flexibility index (Phi) is 7.42. The van der Waals surface area contributed by atoms with Crippen LogP contribution in [0.5, 0.6) is 0 Å². The lowest BCUT2D eigenvalue weighted by Crippen LogP contribution is -2.00. The second kappa shape index (κ2) is 13.0. The molecule has 0 atom stereocenters. The summed E-state index contributed by atoms with van der Waals surface area (Å²) in [5, 5.41) is 4.38. The van der Waals surface area contributed by atoms with Crippen LogP contribution in [0.15, 0.2) is 199 Å². The lowest BCUT2D eigenvalue weighted by molar-refractivity contribution is 0.669. The molecule has 56 heavy (non-hydrogen) atoms. The number of furan rings is 1. The number of benzene rings is 8. The summed E-state index contributed by atoms with van der Waals surface area (Å²) in [5.41, 5.74) is 12.3. The fourth-order valence-electron chi connectivity index (χ4n) is 7.91. The van der Waals surface area contributed by atoms with E-state index in [1.165, 1.54) is 5.39 Å². The molecule has 0 aliphatic heterocycles. The molecule has 0 fully saturated rings. The van der Waals surface area contributed by atoms with Gasteiger partial charge in [0.15, 0.2) is 17.5 Å². The molecule has 3 aromatic heterocycles. The van der Waals surface area contributed by atoms with Crippen molar-refractivity contribution in [3.05, 3.63) is 194 Å². The van der Waals surface area contributed by atoms with Crippen molar-refractivity contribution in [3.8, 4) is 62.1 Å². The standard InChI is InChI=1S/C51H32N4O/c1-4-13-33(14-5-1)35-23-25-36(26-24-35)49-52-50(38-18-12-17-37(29-38)34-15-6-2-7-16-34)54-51(53-49)39-27-28-47-43(30-39)44-31-46-42(32-48(44)56-47)41-21-10-11-22-45(41)55(46)40-19-8-3-9-20-40/h1-32H. The Morgan fingerprint density at radius 2 is 0.821 bits per heavy atom. The first kappa shape index (κ1) is 31.9. The fourth-order valence-corrected chi connectivity index (χ4v) is 7.91. The molecule has 3 heterocycles. The summed E-state index contributed by atoms with van der Waals surface area (Å²) in [6, 6.07) is 67.4. The molecule has 5 nitrogen and oxygen atoms in total. The van der Waals surface area contributed by atoms with Crippen molar-refractivity contribution in [1.29, 1.82) is 0 Å². The number of fused-ring (bicyclic) bond motifs is 6. The molecule has 11 aromatic rings. The predicted molar refractivity (Wildman–Crippen MR) is 229 cm³/mol. The Hall–Kier alpha value is -7.63. The van der Waals surface area contributed by atoms with Crippen LogP contribution in [-0.2, 0) is 0 Å². The van der Waals surface area contributed by atoms with E-state index in [0.717, 1.165) is 83.0 Å². The van der Waals surface area contributed by atoms with E-state index in [2.05, 4.69) is 174 Å². The Bertz CT molecular complexity index is 3220. The van der Waals surface area contributed by atoms with Crippen molar-refractivity contribution in [1.82, 2.24) is 19.5 Å². The van der Waals surface area contributed by atoms with Gasteiger partial charge in [0.2, 0.25) is 0 Å². The quantitative estimate of drug-likeness (QED) is 0.172. The number of hydrogen-bond acceptors (Lipinski definition) is 4. The molecule has 5 heteroatoms. The van der Waals surface area contributed by atoms with Crippen molar-refractivity contribution in [2.45, 2.75) is 0 Å². The van der Waals surface area contributed by atoms with Gasteiger partial charge < -0.3 is 8.98 Å². The van der Waals surface area contributed by atoms with Gasteiger partial charge in [-0.05, 0) is 76.9 Å². The number of rotatable bonds is 6. The van der Waals surface area contributed by atoms with Gasteiger partial charge in [0.25, 0.3) is 0 Å². The highest BCUT2D eigenvalue weighted by molar-refractivity contribution is 6.17. The smallest absolute Gasteiger partial charge is 0.164 e. The highest BCUT2D eigenvalue weighted by atomic mass is 16.3. The SMILES string of the molecule is c1ccc(-c2ccc(-c3nc(-c4cccc(-c5ccccc5)c4)nc(-c4ccc5oc6cc7c8ccccc8n(-c8ccccc8)c7cc6c5c4)n3)cc2)cc1. The van der Waals surface area contributed by atoms with Gasteiger partial charge in [-0.15, -0.1) is 0 Å². The van der Waals surface area contributed by atoms with Gasteiger partial charge in [-0.3, -0.25) is 0 Å². The summed E-state index contributed by atoms with van der Waals surface area (Å²) >= 11 is 0. The molecule has 0 bridgehead atoms. The fraction of sp³-hybridized carbons (Fsp3) is 0. The third kappa shape index (κ3) is 5.45. The summed E-state index contributed by atoms with van der Waals surface area (Å²) in [6.45, 7) is 0. The molecule has 0 amide bonds. The number of aromatic nitrogens is 4. The first-order valence-corrected chi connectivity index (χ1v) is 18.8. The second-order valence-corrected chi connectivity index (χ2v) is 14.1. The van der Waals surface area contributed by atoms with E-state index >= 15 is 0 Å². The summed E-state index contributed by atoms with van der Waals surface area (Å²) < 4.78 is 8.88. The maximum atomic E-state index is 6.54. The van der Waals surface area contributed by atoms with Gasteiger partial charge in [0.05, 0.1) is 11.0 Å². The van der Waals surface area contributed by atoms with Gasteiger partial charge in [0.1, 0.15) is 11.2 Å². The van der Waals surface area contributed by atoms with Crippen LogP contribution in [-0.4, -0.2) is 19.5 Å². The Balaban J connectivity index is 1.09. The molecular weight excluding hydrogens is 685 g/mol.